The number of halogens is 1. The minimum Gasteiger partial charge on any atom is -0.383 e. The molecule has 2 heterocycles. The van der Waals surface area contributed by atoms with Gasteiger partial charge in [-0.1, -0.05) is 53.6 Å². The topological polar surface area (TPSA) is 85.8 Å². The molecule has 2 aromatic heterocycles. The fraction of sp³-hybridized carbons (Fsp3) is 0.0417. The molecule has 5 aromatic rings. The van der Waals surface area contributed by atoms with Crippen LogP contribution in [0.4, 0.5) is 11.5 Å². The molecule has 152 valence electrons. The lowest BCUT2D eigenvalue weighted by atomic mass is 10.2. The Morgan fingerprint density at radius 1 is 1.00 bits per heavy atom. The first-order valence-electron chi connectivity index (χ1n) is 9.72. The number of carbonyl (C=O) groups excluding carboxylic acids is 1. The minimum absolute atomic E-state index is 0.00309. The van der Waals surface area contributed by atoms with Crippen molar-refractivity contribution in [1.82, 2.24) is 14.5 Å². The van der Waals surface area contributed by atoms with Gasteiger partial charge in [0.15, 0.2) is 5.65 Å². The van der Waals surface area contributed by atoms with Crippen LogP contribution in [0.25, 0.3) is 27.6 Å². The zero-order valence-corrected chi connectivity index (χ0v) is 17.4. The number of para-hydroxylation sites is 1. The molecule has 0 radical (unpaired) electrons. The average Bonchev–Trinajstić information content (AvgIpc) is 3.10. The van der Waals surface area contributed by atoms with Gasteiger partial charge in [-0.05, 0) is 43.3 Å². The highest BCUT2D eigenvalue weighted by Crippen LogP contribution is 2.34. The van der Waals surface area contributed by atoms with Crippen LogP contribution in [-0.4, -0.2) is 20.4 Å². The van der Waals surface area contributed by atoms with E-state index in [9.17, 15) is 4.79 Å². The van der Waals surface area contributed by atoms with Gasteiger partial charge in [0.25, 0.3) is 5.91 Å². The van der Waals surface area contributed by atoms with Crippen molar-refractivity contribution in [2.24, 2.45) is 0 Å². The third kappa shape index (κ3) is 3.37. The normalized spacial score (nSPS) is 11.2. The van der Waals surface area contributed by atoms with E-state index in [0.29, 0.717) is 21.7 Å². The molecule has 6 nitrogen and oxygen atoms in total. The number of anilines is 2. The van der Waals surface area contributed by atoms with Crippen LogP contribution in [0.5, 0.6) is 0 Å². The summed E-state index contributed by atoms with van der Waals surface area (Å²) in [5, 5.41) is 5.03. The molecule has 3 N–H and O–H groups in total. The maximum atomic E-state index is 12.9. The maximum absolute atomic E-state index is 12.9. The molecule has 0 aliphatic rings. The number of hydrogen-bond donors (Lipinski definition) is 2. The Labute approximate surface area is 183 Å². The van der Waals surface area contributed by atoms with Gasteiger partial charge in [-0.25, -0.2) is 9.97 Å². The number of rotatable bonds is 3. The number of nitrogens with one attached hydrogen (secondary N) is 1. The number of hydrogen-bond acceptors (Lipinski definition) is 4. The van der Waals surface area contributed by atoms with Crippen LogP contribution in [0.3, 0.4) is 0 Å². The summed E-state index contributed by atoms with van der Waals surface area (Å²) < 4.78 is 1.94. The molecule has 0 atom stereocenters. The Bertz CT molecular complexity index is 1460. The largest absolute Gasteiger partial charge is 0.383 e. The van der Waals surface area contributed by atoms with Gasteiger partial charge in [-0.15, -0.1) is 0 Å². The molecule has 0 saturated carbocycles. The van der Waals surface area contributed by atoms with Gasteiger partial charge >= 0.3 is 0 Å². The Kier molecular flexibility index (Phi) is 4.56. The number of carbonyl (C=O) groups is 1. The summed E-state index contributed by atoms with van der Waals surface area (Å²) in [6.45, 7) is 1.98. The molecule has 31 heavy (non-hydrogen) atoms. The highest BCUT2D eigenvalue weighted by atomic mass is 35.5. The highest BCUT2D eigenvalue weighted by Gasteiger charge is 2.20. The number of aryl methyl sites for hydroxylation is 1. The smallest absolute Gasteiger partial charge is 0.293 e. The summed E-state index contributed by atoms with van der Waals surface area (Å²) in [7, 11) is 0. The fourth-order valence-electron chi connectivity index (χ4n) is 3.68. The number of fused-ring (bicyclic) bond motifs is 3. The second-order valence-electron chi connectivity index (χ2n) is 7.28. The fourth-order valence-corrected chi connectivity index (χ4v) is 3.87. The quantitative estimate of drug-likeness (QED) is 0.405. The van der Waals surface area contributed by atoms with Crippen molar-refractivity contribution >= 4 is 50.9 Å². The number of amides is 1. The van der Waals surface area contributed by atoms with Crippen molar-refractivity contribution in [3.05, 3.63) is 89.2 Å². The molecule has 0 fully saturated rings. The lowest BCUT2D eigenvalue weighted by molar-refractivity contribution is 0.101. The third-order valence-corrected chi connectivity index (χ3v) is 5.36. The summed E-state index contributed by atoms with van der Waals surface area (Å²) in [5.41, 5.74) is 10.4. The second-order valence-corrected chi connectivity index (χ2v) is 7.72. The number of nitrogens with zero attached hydrogens (tertiary/aromatic N) is 3. The minimum atomic E-state index is -0.430. The van der Waals surface area contributed by atoms with Crippen LogP contribution in [0.1, 0.15) is 16.2 Å². The molecular formula is C24H18ClN5O. The molecule has 0 saturated heterocycles. The number of nitrogen functional groups attached to an aromatic ring is 1. The van der Waals surface area contributed by atoms with Gasteiger partial charge < -0.3 is 11.1 Å². The second kappa shape index (κ2) is 7.41. The number of nitrogens with two attached hydrogens (primary N) is 1. The molecule has 7 heteroatoms. The number of benzene rings is 3. The van der Waals surface area contributed by atoms with E-state index in [1.165, 1.54) is 0 Å². The monoisotopic (exact) mass is 427 g/mol. The standard InChI is InChI=1S/C24H18ClN5O/c1-14-9-11-16(12-10-14)27-24(31)22-28-21(26)20-18-7-2-3-8-19(18)30(23(20)29-22)17-6-4-5-15(25)13-17/h2-13H,1H3,(H,27,31)(H2,26,28,29). The van der Waals surface area contributed by atoms with Crippen LogP contribution < -0.4 is 11.1 Å². The Morgan fingerprint density at radius 2 is 1.77 bits per heavy atom. The van der Waals surface area contributed by atoms with Gasteiger partial charge in [0.2, 0.25) is 5.82 Å². The van der Waals surface area contributed by atoms with E-state index in [1.807, 2.05) is 84.3 Å². The molecule has 0 bridgehead atoms. The maximum Gasteiger partial charge on any atom is 0.293 e. The summed E-state index contributed by atoms with van der Waals surface area (Å²) in [6, 6.07) is 22.8. The average molecular weight is 428 g/mol. The molecule has 0 spiro atoms. The first kappa shape index (κ1) is 19.1. The van der Waals surface area contributed by atoms with Crippen molar-refractivity contribution in [3.63, 3.8) is 0 Å². The van der Waals surface area contributed by atoms with Crippen LogP contribution in [0.15, 0.2) is 72.8 Å². The Balaban J connectivity index is 1.71. The SMILES string of the molecule is Cc1ccc(NC(=O)c2nc(N)c3c4ccccc4n(-c4cccc(Cl)c4)c3n2)cc1. The summed E-state index contributed by atoms with van der Waals surface area (Å²) >= 11 is 6.24. The van der Waals surface area contributed by atoms with E-state index in [0.717, 1.165) is 22.2 Å². The van der Waals surface area contributed by atoms with Gasteiger partial charge in [-0.2, -0.15) is 0 Å². The van der Waals surface area contributed by atoms with Crippen LogP contribution >= 0.6 is 11.6 Å². The van der Waals surface area contributed by atoms with Crippen molar-refractivity contribution in [1.29, 1.82) is 0 Å². The van der Waals surface area contributed by atoms with Crippen molar-refractivity contribution in [2.75, 3.05) is 11.1 Å². The molecule has 0 unspecified atom stereocenters. The molecule has 1 amide bonds. The van der Waals surface area contributed by atoms with Crippen molar-refractivity contribution in [3.8, 4) is 5.69 Å². The lowest BCUT2D eigenvalue weighted by Crippen LogP contribution is -2.17. The highest BCUT2D eigenvalue weighted by molar-refractivity contribution is 6.30. The summed E-state index contributed by atoms with van der Waals surface area (Å²) in [6.07, 6.45) is 0. The van der Waals surface area contributed by atoms with Gasteiger partial charge in [0.1, 0.15) is 5.82 Å². The number of aromatic nitrogens is 3. The van der Waals surface area contributed by atoms with E-state index in [-0.39, 0.29) is 11.6 Å². The molecule has 5 rings (SSSR count). The van der Waals surface area contributed by atoms with E-state index >= 15 is 0 Å². The van der Waals surface area contributed by atoms with E-state index in [2.05, 4.69) is 15.3 Å². The van der Waals surface area contributed by atoms with Gasteiger partial charge in [0, 0.05) is 21.8 Å². The summed E-state index contributed by atoms with van der Waals surface area (Å²) in [5.74, 6) is -0.187. The Morgan fingerprint density at radius 3 is 2.55 bits per heavy atom. The molecule has 0 aliphatic carbocycles. The van der Waals surface area contributed by atoms with E-state index in [4.69, 9.17) is 17.3 Å². The third-order valence-electron chi connectivity index (χ3n) is 5.12. The Hall–Kier alpha value is -3.90. The van der Waals surface area contributed by atoms with Gasteiger partial charge in [-0.3, -0.25) is 9.36 Å². The first-order chi connectivity index (χ1) is 15.0. The predicted octanol–water partition coefficient (Wildman–Crippen LogP) is 5.37. The van der Waals surface area contributed by atoms with E-state index < -0.39 is 5.91 Å². The predicted molar refractivity (Wildman–Crippen MR) is 125 cm³/mol. The van der Waals surface area contributed by atoms with E-state index in [1.54, 1.807) is 0 Å². The lowest BCUT2D eigenvalue weighted by Gasteiger charge is -2.09. The zero-order chi connectivity index (χ0) is 21.5. The van der Waals surface area contributed by atoms with Crippen LogP contribution in [-0.2, 0) is 0 Å². The molecule has 0 aliphatic heterocycles. The molecular weight excluding hydrogens is 410 g/mol. The first-order valence-corrected chi connectivity index (χ1v) is 10.1. The molecule has 3 aromatic carbocycles. The van der Waals surface area contributed by atoms with Crippen LogP contribution in [0.2, 0.25) is 5.02 Å². The summed E-state index contributed by atoms with van der Waals surface area (Å²) in [4.78, 5) is 21.8. The van der Waals surface area contributed by atoms with Crippen molar-refractivity contribution in [2.45, 2.75) is 6.92 Å². The zero-order valence-electron chi connectivity index (χ0n) is 16.6. The van der Waals surface area contributed by atoms with Crippen LogP contribution in [0, 0.1) is 6.92 Å². The van der Waals surface area contributed by atoms with Gasteiger partial charge in [0.05, 0.1) is 10.9 Å². The van der Waals surface area contributed by atoms with Crippen molar-refractivity contribution < 1.29 is 4.79 Å².